The maximum absolute atomic E-state index is 12.3. The lowest BCUT2D eigenvalue weighted by atomic mass is 10.0. The number of aromatic nitrogens is 2. The van der Waals surface area contributed by atoms with Gasteiger partial charge >= 0.3 is 0 Å². The van der Waals surface area contributed by atoms with E-state index in [1.54, 1.807) is 7.11 Å². The summed E-state index contributed by atoms with van der Waals surface area (Å²) in [5.41, 5.74) is 0.867. The summed E-state index contributed by atoms with van der Waals surface area (Å²) in [6.45, 7) is 0. The summed E-state index contributed by atoms with van der Waals surface area (Å²) < 4.78 is 5.29. The number of carbonyl (C=O) groups excluding carboxylic acids is 1. The summed E-state index contributed by atoms with van der Waals surface area (Å²) in [5.74, 6) is 1.14. The minimum absolute atomic E-state index is 0.0944. The van der Waals surface area contributed by atoms with E-state index in [4.69, 9.17) is 4.74 Å². The highest BCUT2D eigenvalue weighted by molar-refractivity contribution is 7.15. The van der Waals surface area contributed by atoms with E-state index in [2.05, 4.69) is 15.5 Å². The highest BCUT2D eigenvalue weighted by Crippen LogP contribution is 2.34. The normalized spacial score (nSPS) is 15.7. The van der Waals surface area contributed by atoms with Crippen LogP contribution in [0.15, 0.2) is 24.3 Å². The zero-order valence-corrected chi connectivity index (χ0v) is 14.8. The van der Waals surface area contributed by atoms with Gasteiger partial charge in [0.1, 0.15) is 10.8 Å². The Balaban J connectivity index is 1.60. The van der Waals surface area contributed by atoms with E-state index in [9.17, 15) is 4.79 Å². The number of hydrogen-bond donors (Lipinski definition) is 1. The van der Waals surface area contributed by atoms with Gasteiger partial charge in [-0.15, -0.1) is 10.2 Å². The summed E-state index contributed by atoms with van der Waals surface area (Å²) in [6, 6.07) is 7.55. The Morgan fingerprint density at radius 2 is 1.96 bits per heavy atom. The Bertz CT molecular complexity index is 678. The van der Waals surface area contributed by atoms with Crippen molar-refractivity contribution >= 4 is 22.4 Å². The maximum Gasteiger partial charge on any atom is 0.230 e. The topological polar surface area (TPSA) is 64.1 Å². The summed E-state index contributed by atoms with van der Waals surface area (Å²) >= 11 is 1.51. The number of methoxy groups -OCH3 is 1. The first-order chi connectivity index (χ1) is 11.8. The van der Waals surface area contributed by atoms with Crippen LogP contribution in [-0.4, -0.2) is 23.2 Å². The average Bonchev–Trinajstić information content (AvgIpc) is 2.88. The van der Waals surface area contributed by atoms with Crippen LogP contribution in [0.2, 0.25) is 0 Å². The Labute approximate surface area is 146 Å². The lowest BCUT2D eigenvalue weighted by Crippen LogP contribution is -2.14. The van der Waals surface area contributed by atoms with Gasteiger partial charge in [0, 0.05) is 11.5 Å². The number of carbonyl (C=O) groups is 1. The molecule has 1 aromatic heterocycles. The van der Waals surface area contributed by atoms with Gasteiger partial charge in [0.25, 0.3) is 0 Å². The third-order valence-corrected chi connectivity index (χ3v) is 5.44. The molecule has 0 atom stereocenters. The van der Waals surface area contributed by atoms with Gasteiger partial charge in [0.05, 0.1) is 13.5 Å². The van der Waals surface area contributed by atoms with E-state index in [0.717, 1.165) is 16.3 Å². The van der Waals surface area contributed by atoms with Gasteiger partial charge in [-0.3, -0.25) is 4.79 Å². The molecule has 1 heterocycles. The van der Waals surface area contributed by atoms with E-state index >= 15 is 0 Å². The van der Waals surface area contributed by atoms with E-state index in [-0.39, 0.29) is 12.3 Å². The monoisotopic (exact) mass is 345 g/mol. The van der Waals surface area contributed by atoms with Crippen molar-refractivity contribution in [3.63, 3.8) is 0 Å². The second-order valence-electron chi connectivity index (χ2n) is 6.17. The standard InChI is InChI=1S/C18H23N3O2S/c1-23-15-11-7-6-10-14(15)12-16(22)19-18-21-20-17(24-18)13-8-4-2-3-5-9-13/h6-7,10-11,13H,2-5,8-9,12H2,1H3,(H,19,21,22). The zero-order chi connectivity index (χ0) is 16.8. The Kier molecular flexibility index (Phi) is 5.80. The molecule has 1 saturated carbocycles. The van der Waals surface area contributed by atoms with Crippen molar-refractivity contribution in [1.82, 2.24) is 10.2 Å². The molecule has 0 unspecified atom stereocenters. The minimum atomic E-state index is -0.0944. The lowest BCUT2D eigenvalue weighted by Gasteiger charge is -2.08. The molecule has 1 aliphatic carbocycles. The highest BCUT2D eigenvalue weighted by Gasteiger charge is 2.19. The summed E-state index contributed by atoms with van der Waals surface area (Å²) in [4.78, 5) is 12.3. The van der Waals surface area contributed by atoms with Gasteiger partial charge in [-0.25, -0.2) is 0 Å². The number of anilines is 1. The molecule has 0 radical (unpaired) electrons. The average molecular weight is 345 g/mol. The van der Waals surface area contributed by atoms with Crippen LogP contribution in [0, 0.1) is 0 Å². The summed E-state index contributed by atoms with van der Waals surface area (Å²) in [6.07, 6.45) is 7.80. The molecule has 1 aliphatic rings. The van der Waals surface area contributed by atoms with Gasteiger partial charge in [0.2, 0.25) is 11.0 Å². The van der Waals surface area contributed by atoms with Crippen LogP contribution < -0.4 is 10.1 Å². The molecule has 24 heavy (non-hydrogen) atoms. The quantitative estimate of drug-likeness (QED) is 0.826. The van der Waals surface area contributed by atoms with Crippen molar-refractivity contribution in [3.8, 4) is 5.75 Å². The van der Waals surface area contributed by atoms with Crippen LogP contribution in [0.1, 0.15) is 55.0 Å². The second kappa shape index (κ2) is 8.24. The van der Waals surface area contributed by atoms with Crippen LogP contribution >= 0.6 is 11.3 Å². The van der Waals surface area contributed by atoms with E-state index < -0.39 is 0 Å². The molecule has 2 aromatic rings. The molecule has 0 aliphatic heterocycles. The predicted molar refractivity (Wildman–Crippen MR) is 95.7 cm³/mol. The fraction of sp³-hybridized carbons (Fsp3) is 0.500. The van der Waals surface area contributed by atoms with Gasteiger partial charge in [0.15, 0.2) is 0 Å². The molecule has 6 heteroatoms. The number of ether oxygens (including phenoxy) is 1. The van der Waals surface area contributed by atoms with Crippen molar-refractivity contribution in [2.24, 2.45) is 0 Å². The molecule has 0 saturated heterocycles. The number of nitrogens with zero attached hydrogens (tertiary/aromatic N) is 2. The molecule has 1 aromatic carbocycles. The molecular formula is C18H23N3O2S. The van der Waals surface area contributed by atoms with E-state index in [0.29, 0.717) is 11.0 Å². The highest BCUT2D eigenvalue weighted by atomic mass is 32.1. The van der Waals surface area contributed by atoms with Crippen molar-refractivity contribution in [2.45, 2.75) is 50.9 Å². The molecule has 1 amide bonds. The van der Waals surface area contributed by atoms with Gasteiger partial charge in [-0.2, -0.15) is 0 Å². The first-order valence-electron chi connectivity index (χ1n) is 8.51. The number of nitrogens with one attached hydrogen (secondary N) is 1. The Morgan fingerprint density at radius 3 is 2.71 bits per heavy atom. The van der Waals surface area contributed by atoms with Gasteiger partial charge in [-0.05, 0) is 18.9 Å². The summed E-state index contributed by atoms with van der Waals surface area (Å²) in [7, 11) is 1.61. The lowest BCUT2D eigenvalue weighted by molar-refractivity contribution is -0.115. The smallest absolute Gasteiger partial charge is 0.230 e. The Morgan fingerprint density at radius 1 is 1.21 bits per heavy atom. The van der Waals surface area contributed by atoms with E-state index in [1.165, 1.54) is 49.9 Å². The van der Waals surface area contributed by atoms with Crippen molar-refractivity contribution in [3.05, 3.63) is 34.8 Å². The third kappa shape index (κ3) is 4.32. The fourth-order valence-corrected chi connectivity index (χ4v) is 4.09. The first-order valence-corrected chi connectivity index (χ1v) is 9.33. The molecule has 1 fully saturated rings. The van der Waals surface area contributed by atoms with Crippen LogP contribution in [0.25, 0.3) is 0 Å². The number of rotatable bonds is 5. The Hall–Kier alpha value is -1.95. The van der Waals surface area contributed by atoms with E-state index in [1.807, 2.05) is 24.3 Å². The van der Waals surface area contributed by atoms with Crippen LogP contribution in [-0.2, 0) is 11.2 Å². The van der Waals surface area contributed by atoms with Crippen LogP contribution in [0.5, 0.6) is 5.75 Å². The third-order valence-electron chi connectivity index (χ3n) is 4.43. The largest absolute Gasteiger partial charge is 0.496 e. The summed E-state index contributed by atoms with van der Waals surface area (Å²) in [5, 5.41) is 13.0. The van der Waals surface area contributed by atoms with Crippen molar-refractivity contribution < 1.29 is 9.53 Å². The van der Waals surface area contributed by atoms with Crippen molar-refractivity contribution in [1.29, 1.82) is 0 Å². The number of benzene rings is 1. The molecule has 0 bridgehead atoms. The number of para-hydroxylation sites is 1. The maximum atomic E-state index is 12.3. The first kappa shape index (κ1) is 16.9. The van der Waals surface area contributed by atoms with Crippen molar-refractivity contribution in [2.75, 3.05) is 12.4 Å². The molecule has 5 nitrogen and oxygen atoms in total. The number of hydrogen-bond acceptors (Lipinski definition) is 5. The number of amides is 1. The SMILES string of the molecule is COc1ccccc1CC(=O)Nc1nnc(C2CCCCCC2)s1. The molecule has 128 valence electrons. The molecule has 3 rings (SSSR count). The van der Waals surface area contributed by atoms with Gasteiger partial charge in [-0.1, -0.05) is 55.2 Å². The second-order valence-corrected chi connectivity index (χ2v) is 7.18. The van der Waals surface area contributed by atoms with Crippen LogP contribution in [0.3, 0.4) is 0 Å². The molecule has 1 N–H and O–H groups in total. The minimum Gasteiger partial charge on any atom is -0.496 e. The van der Waals surface area contributed by atoms with Crippen LogP contribution in [0.4, 0.5) is 5.13 Å². The fourth-order valence-electron chi connectivity index (χ4n) is 3.16. The van der Waals surface area contributed by atoms with Gasteiger partial charge < -0.3 is 10.1 Å². The molecule has 0 spiro atoms. The molecular weight excluding hydrogens is 322 g/mol. The zero-order valence-electron chi connectivity index (χ0n) is 14.0. The predicted octanol–water partition coefficient (Wildman–Crippen LogP) is 4.17.